The van der Waals surface area contributed by atoms with Gasteiger partial charge in [-0.3, -0.25) is 19.2 Å². The van der Waals surface area contributed by atoms with Crippen molar-refractivity contribution in [2.45, 2.75) is 135 Å². The van der Waals surface area contributed by atoms with Crippen LogP contribution in [-0.2, 0) is 57.1 Å². The predicted molar refractivity (Wildman–Crippen MR) is 192 cm³/mol. The van der Waals surface area contributed by atoms with Crippen LogP contribution in [0.1, 0.15) is 92.6 Å². The normalized spacial score (nSPS) is 40.2. The van der Waals surface area contributed by atoms with Crippen molar-refractivity contribution < 1.29 is 76.9 Å². The summed E-state index contributed by atoms with van der Waals surface area (Å²) in [6.07, 6.45) is -5.47. The summed E-state index contributed by atoms with van der Waals surface area (Å²) >= 11 is 0. The van der Waals surface area contributed by atoms with Crippen molar-refractivity contribution in [3.63, 3.8) is 0 Å². The minimum atomic E-state index is -2.33. The molecule has 0 spiro atoms. The Bertz CT molecular complexity index is 1680. The molecule has 4 aliphatic rings. The molecule has 2 unspecified atom stereocenters. The van der Waals surface area contributed by atoms with Gasteiger partial charge in [0.25, 0.3) is 12.4 Å². The van der Waals surface area contributed by atoms with E-state index in [1.54, 1.807) is 54.5 Å². The fraction of sp³-hybridized carbons (Fsp3) is 0.725. The third-order valence-corrected chi connectivity index (χ3v) is 13.3. The van der Waals surface area contributed by atoms with Crippen molar-refractivity contribution in [2.24, 2.45) is 34.5 Å². The third-order valence-electron chi connectivity index (χ3n) is 13.3. The number of methoxy groups -OCH3 is 1. The minimum absolute atomic E-state index is 0.0589. The van der Waals surface area contributed by atoms with Gasteiger partial charge in [-0.2, -0.15) is 0 Å². The number of rotatable bonds is 13. The molecule has 312 valence electrons. The molecule has 0 aromatic carbocycles. The van der Waals surface area contributed by atoms with Crippen molar-refractivity contribution in [1.29, 1.82) is 0 Å². The zero-order chi connectivity index (χ0) is 41.8. The van der Waals surface area contributed by atoms with Crippen LogP contribution in [-0.4, -0.2) is 107 Å². The van der Waals surface area contributed by atoms with Gasteiger partial charge in [0.1, 0.15) is 30.0 Å². The van der Waals surface area contributed by atoms with Crippen molar-refractivity contribution in [3.8, 4) is 0 Å². The number of aliphatic hydroxyl groups is 3. The van der Waals surface area contributed by atoms with Crippen LogP contribution in [0.25, 0.3) is 0 Å². The summed E-state index contributed by atoms with van der Waals surface area (Å²) in [5, 5.41) is 36.5. The van der Waals surface area contributed by atoms with E-state index < -0.39 is 125 Å². The van der Waals surface area contributed by atoms with Gasteiger partial charge in [-0.05, 0) is 36.5 Å². The van der Waals surface area contributed by atoms with Crippen LogP contribution in [0.2, 0.25) is 0 Å². The van der Waals surface area contributed by atoms with Gasteiger partial charge < -0.3 is 52.9 Å². The number of hydrogen-bond donors (Lipinski definition) is 3. The maximum Gasteiger partial charge on any atom is 0.335 e. The SMILES string of the molecule is C=C1C([C@]2(C)C(CC(=O)OC)[C@@]3(C)CO[C@@](O)(C[C@@H]2OC(C)=O)O3)[C@@H](OC=O)[C@H](OC(=O)[C@H](O)[C@H](C)CC)[C@@]2(C)[C@H](c3ccoc3)C[C@@H](OC(=O)C(C)C)[C@]12O. The van der Waals surface area contributed by atoms with E-state index >= 15 is 0 Å². The number of hydrogen-bond acceptors (Lipinski definition) is 16. The molecule has 0 radical (unpaired) electrons. The zero-order valence-corrected chi connectivity index (χ0v) is 33.5. The first-order valence-corrected chi connectivity index (χ1v) is 19.0. The average molecular weight is 793 g/mol. The van der Waals surface area contributed by atoms with Gasteiger partial charge in [-0.1, -0.05) is 54.5 Å². The molecule has 1 aromatic rings. The van der Waals surface area contributed by atoms with Crippen molar-refractivity contribution in [3.05, 3.63) is 36.3 Å². The maximum atomic E-state index is 14.1. The Morgan fingerprint density at radius 2 is 1.73 bits per heavy atom. The van der Waals surface area contributed by atoms with Crippen LogP contribution >= 0.6 is 0 Å². The monoisotopic (exact) mass is 792 g/mol. The molecule has 2 saturated carbocycles. The standard InChI is InChI=1S/C40H56O16/c1-11-21(4)31(44)35(46)55-33-32(51-19-41)30(22(5)40(48)27(54-34(45)20(2)3)14-25(38(33,40)9)24-12-13-50-17-24)37(8)26(15-29(43)49-10)36(7)18-52-39(47,56-36)16-28(37)53-23(6)42/h12-13,17,19-21,25-28,30-33,44,47-48H,5,11,14-16,18H2,1-4,6-10H3/t21-,25+,26?,27-,28+,30?,31-,32-,33+,36-,37-,38-,39+,40-/m1/s1. The second-order valence-corrected chi connectivity index (χ2v) is 16.8. The fourth-order valence-corrected chi connectivity index (χ4v) is 10.1. The first kappa shape index (κ1) is 43.3. The molecule has 56 heavy (non-hydrogen) atoms. The van der Waals surface area contributed by atoms with E-state index in [4.69, 9.17) is 37.6 Å². The first-order chi connectivity index (χ1) is 26.1. The van der Waals surface area contributed by atoms with Crippen molar-refractivity contribution in [2.75, 3.05) is 13.7 Å². The number of fused-ring (bicyclic) bond motifs is 3. The molecule has 14 atom stereocenters. The first-order valence-electron chi connectivity index (χ1n) is 19.0. The average Bonchev–Trinajstić information content (AvgIpc) is 3.83. The lowest BCUT2D eigenvalue weighted by molar-refractivity contribution is -0.328. The Morgan fingerprint density at radius 1 is 1.05 bits per heavy atom. The summed E-state index contributed by atoms with van der Waals surface area (Å²) in [6, 6.07) is 1.64. The van der Waals surface area contributed by atoms with Crippen LogP contribution < -0.4 is 0 Å². The lowest BCUT2D eigenvalue weighted by Gasteiger charge is -2.62. The number of carbonyl (C=O) groups excluding carboxylic acids is 5. The van der Waals surface area contributed by atoms with Gasteiger partial charge in [-0.25, -0.2) is 4.79 Å². The van der Waals surface area contributed by atoms with Crippen molar-refractivity contribution >= 4 is 30.3 Å². The van der Waals surface area contributed by atoms with Crippen LogP contribution in [0, 0.1) is 34.5 Å². The molecular weight excluding hydrogens is 736 g/mol. The third kappa shape index (κ3) is 6.84. The molecule has 1 aromatic heterocycles. The second-order valence-electron chi connectivity index (χ2n) is 16.8. The highest BCUT2D eigenvalue weighted by atomic mass is 16.9. The van der Waals surface area contributed by atoms with Gasteiger partial charge in [0, 0.05) is 30.1 Å². The number of aliphatic hydroxyl groups excluding tert-OH is 1. The Balaban J connectivity index is 1.87. The van der Waals surface area contributed by atoms with Crippen LogP contribution in [0.4, 0.5) is 0 Å². The molecule has 16 heteroatoms. The van der Waals surface area contributed by atoms with E-state index in [0.717, 1.165) is 6.92 Å². The summed E-state index contributed by atoms with van der Waals surface area (Å²) in [4.78, 5) is 66.6. The predicted octanol–water partition coefficient (Wildman–Crippen LogP) is 3.09. The highest BCUT2D eigenvalue weighted by Crippen LogP contribution is 2.70. The molecule has 16 nitrogen and oxygen atoms in total. The Kier molecular flexibility index (Phi) is 12.0. The lowest BCUT2D eigenvalue weighted by Crippen LogP contribution is -2.72. The minimum Gasteiger partial charge on any atom is -0.472 e. The van der Waals surface area contributed by atoms with E-state index in [1.165, 1.54) is 19.6 Å². The summed E-state index contributed by atoms with van der Waals surface area (Å²) in [5.74, 6) is -10.2. The molecule has 2 aliphatic heterocycles. The molecule has 4 fully saturated rings. The molecule has 5 rings (SSSR count). The quantitative estimate of drug-likeness (QED) is 0.113. The Hall–Kier alpha value is -3.83. The number of ether oxygens (including phenoxy) is 7. The molecule has 0 amide bonds. The number of furan rings is 1. The largest absolute Gasteiger partial charge is 0.472 e. The lowest BCUT2D eigenvalue weighted by atomic mass is 9.46. The van der Waals surface area contributed by atoms with Gasteiger partial charge in [-0.15, -0.1) is 0 Å². The highest BCUT2D eigenvalue weighted by molar-refractivity contribution is 5.75. The summed E-state index contributed by atoms with van der Waals surface area (Å²) < 4.78 is 46.9. The fourth-order valence-electron chi connectivity index (χ4n) is 10.1. The molecule has 2 aliphatic carbocycles. The van der Waals surface area contributed by atoms with Crippen LogP contribution in [0.15, 0.2) is 35.2 Å². The van der Waals surface area contributed by atoms with Crippen molar-refractivity contribution in [1.82, 2.24) is 0 Å². The number of esters is 4. The number of carbonyl (C=O) groups is 5. The van der Waals surface area contributed by atoms with E-state index in [0.29, 0.717) is 12.0 Å². The second kappa shape index (κ2) is 15.5. The molecule has 2 saturated heterocycles. The smallest absolute Gasteiger partial charge is 0.335 e. The van der Waals surface area contributed by atoms with E-state index in [1.807, 2.05) is 0 Å². The summed E-state index contributed by atoms with van der Waals surface area (Å²) in [6.45, 7) is 16.9. The van der Waals surface area contributed by atoms with Crippen LogP contribution in [0.5, 0.6) is 0 Å². The molecule has 3 N–H and O–H groups in total. The Labute approximate surface area is 326 Å². The summed E-state index contributed by atoms with van der Waals surface area (Å²) in [7, 11) is 1.18. The van der Waals surface area contributed by atoms with Crippen LogP contribution in [0.3, 0.4) is 0 Å². The van der Waals surface area contributed by atoms with Gasteiger partial charge in [0.05, 0.1) is 56.0 Å². The maximum absolute atomic E-state index is 14.1. The van der Waals surface area contributed by atoms with Gasteiger partial charge in [0.15, 0.2) is 6.10 Å². The topological polar surface area (TPSA) is 224 Å². The zero-order valence-electron chi connectivity index (χ0n) is 33.5. The summed E-state index contributed by atoms with van der Waals surface area (Å²) in [5.41, 5.74) is -6.89. The van der Waals surface area contributed by atoms with Gasteiger partial charge >= 0.3 is 23.9 Å². The molecule has 3 heterocycles. The Morgan fingerprint density at radius 3 is 2.29 bits per heavy atom. The molecule has 2 bridgehead atoms. The van der Waals surface area contributed by atoms with E-state index in [2.05, 4.69) is 6.58 Å². The molecular formula is C40H56O16. The van der Waals surface area contributed by atoms with Gasteiger partial charge in [0.2, 0.25) is 0 Å². The van der Waals surface area contributed by atoms with E-state index in [-0.39, 0.29) is 25.1 Å². The highest BCUT2D eigenvalue weighted by Gasteiger charge is 2.79. The van der Waals surface area contributed by atoms with E-state index in [9.17, 15) is 39.3 Å².